The van der Waals surface area contributed by atoms with E-state index in [2.05, 4.69) is 23.2 Å². The van der Waals surface area contributed by atoms with Crippen LogP contribution in [0.4, 0.5) is 4.79 Å². The Balaban J connectivity index is 0. The number of hydrogen-bond acceptors (Lipinski definition) is 1. The van der Waals surface area contributed by atoms with Crippen molar-refractivity contribution in [3.05, 3.63) is 0 Å². The van der Waals surface area contributed by atoms with Gasteiger partial charge in [-0.2, -0.15) is 0 Å². The van der Waals surface area contributed by atoms with E-state index >= 15 is 0 Å². The Labute approximate surface area is 53.0 Å². The van der Waals surface area contributed by atoms with E-state index in [-0.39, 0.29) is 20.1 Å². The van der Waals surface area contributed by atoms with Gasteiger partial charge in [0, 0.05) is 0 Å². The van der Waals surface area contributed by atoms with Crippen LogP contribution in [0.5, 0.6) is 0 Å². The van der Waals surface area contributed by atoms with Crippen molar-refractivity contribution < 1.29 is 24.9 Å². The molecule has 0 aromatic rings. The molecule has 0 heterocycles. The maximum atomic E-state index is 8.98. The Morgan fingerprint density at radius 3 is 1.40 bits per heavy atom. The second kappa shape index (κ2) is 4.90. The topological polar surface area (TPSA) is 17.1 Å². The van der Waals surface area contributed by atoms with Crippen molar-refractivity contribution in [2.45, 2.75) is 0 Å². The third-order valence-corrected chi connectivity index (χ3v) is 0. The normalized spacial score (nSPS) is 5.20. The molecule has 0 N–H and O–H groups in total. The summed E-state index contributed by atoms with van der Waals surface area (Å²) >= 11 is 8.80. The molecule has 0 saturated carbocycles. The third-order valence-electron chi connectivity index (χ3n) is 0. The first-order chi connectivity index (χ1) is 1.73. The standard InChI is InChI=1S/CCl2O.Ir/c2-1(3)4;/q;+3. The van der Waals surface area contributed by atoms with E-state index in [0.29, 0.717) is 0 Å². The summed E-state index contributed by atoms with van der Waals surface area (Å²) in [6.07, 6.45) is 0. The average molecular weight is 291 g/mol. The van der Waals surface area contributed by atoms with Crippen LogP contribution < -0.4 is 0 Å². The van der Waals surface area contributed by atoms with Gasteiger partial charge in [-0.3, -0.25) is 4.79 Å². The monoisotopic (exact) mass is 291 g/mol. The van der Waals surface area contributed by atoms with Gasteiger partial charge in [-0.15, -0.1) is 0 Å². The molecule has 0 aromatic carbocycles. The van der Waals surface area contributed by atoms with Crippen LogP contribution in [-0.2, 0) is 20.1 Å². The summed E-state index contributed by atoms with van der Waals surface area (Å²) in [5.41, 5.74) is 0. The van der Waals surface area contributed by atoms with Crippen LogP contribution in [0.25, 0.3) is 0 Å². The number of hydrogen-bond donors (Lipinski definition) is 0. The van der Waals surface area contributed by atoms with Gasteiger partial charge in [0.2, 0.25) is 0 Å². The second-order valence-corrected chi connectivity index (χ2v) is 1.11. The summed E-state index contributed by atoms with van der Waals surface area (Å²) in [4.78, 5) is 8.98. The van der Waals surface area contributed by atoms with Gasteiger partial charge in [0.15, 0.2) is 0 Å². The molecule has 0 unspecified atom stereocenters. The Hall–Kier alpha value is 0.899. The van der Waals surface area contributed by atoms with Crippen molar-refractivity contribution in [1.29, 1.82) is 0 Å². The molecule has 0 spiro atoms. The molecule has 30 valence electrons. The number of halogens is 2. The third kappa shape index (κ3) is 50.9. The molecule has 0 atom stereocenters. The number of carbonyl (C=O) groups is 1. The summed E-state index contributed by atoms with van der Waals surface area (Å²) in [6.45, 7) is 0. The van der Waals surface area contributed by atoms with E-state index in [9.17, 15) is 0 Å². The van der Waals surface area contributed by atoms with Gasteiger partial charge in [-0.25, -0.2) is 0 Å². The first kappa shape index (κ1) is 9.31. The molecule has 0 rings (SSSR count). The maximum absolute atomic E-state index is 8.98. The minimum atomic E-state index is -0.889. The molecule has 0 saturated heterocycles. The summed E-state index contributed by atoms with van der Waals surface area (Å²) in [5.74, 6) is 0. The quantitative estimate of drug-likeness (QED) is 0.619. The molecule has 0 aliphatic heterocycles. The van der Waals surface area contributed by atoms with E-state index in [1.807, 2.05) is 0 Å². The molecule has 1 nitrogen and oxygen atoms in total. The fraction of sp³-hybridized carbons (Fsp3) is 0. The van der Waals surface area contributed by atoms with E-state index in [1.54, 1.807) is 0 Å². The predicted octanol–water partition coefficient (Wildman–Crippen LogP) is 1.58. The van der Waals surface area contributed by atoms with Crippen LogP contribution in [0.3, 0.4) is 0 Å². The van der Waals surface area contributed by atoms with Gasteiger partial charge in [0.05, 0.1) is 0 Å². The van der Waals surface area contributed by atoms with Gasteiger partial charge >= 0.3 is 24.8 Å². The molecule has 0 aliphatic carbocycles. The Morgan fingerprint density at radius 1 is 1.40 bits per heavy atom. The molecule has 0 bridgehead atoms. The molecular weight excluding hydrogens is 291 g/mol. The van der Waals surface area contributed by atoms with Crippen LogP contribution in [0, 0.1) is 0 Å². The van der Waals surface area contributed by atoms with Crippen molar-refractivity contribution in [1.82, 2.24) is 0 Å². The predicted molar refractivity (Wildman–Crippen MR) is 17.1 cm³/mol. The first-order valence-corrected chi connectivity index (χ1v) is 1.34. The molecule has 0 radical (unpaired) electrons. The molecule has 0 fully saturated rings. The van der Waals surface area contributed by atoms with E-state index in [0.717, 1.165) is 0 Å². The van der Waals surface area contributed by atoms with Gasteiger partial charge in [-0.05, 0) is 23.2 Å². The number of carbonyl (C=O) groups excluding carboxylic acids is 1. The minimum absolute atomic E-state index is 0. The maximum Gasteiger partial charge on any atom is 3.00 e. The van der Waals surface area contributed by atoms with Gasteiger partial charge in [0.1, 0.15) is 0 Å². The van der Waals surface area contributed by atoms with Crippen LogP contribution in [0.15, 0.2) is 0 Å². The summed E-state index contributed by atoms with van der Waals surface area (Å²) in [6, 6.07) is 0. The average Bonchev–Trinajstić information content (AvgIpc) is 0.811. The van der Waals surface area contributed by atoms with E-state index in [4.69, 9.17) is 4.79 Å². The molecule has 0 aromatic heterocycles. The first-order valence-electron chi connectivity index (χ1n) is 0.582. The van der Waals surface area contributed by atoms with Gasteiger partial charge in [-0.1, -0.05) is 0 Å². The smallest absolute Gasteiger partial charge is 0.262 e. The van der Waals surface area contributed by atoms with E-state index in [1.165, 1.54) is 0 Å². The minimum Gasteiger partial charge on any atom is -0.262 e. The van der Waals surface area contributed by atoms with Crippen LogP contribution >= 0.6 is 23.2 Å². The van der Waals surface area contributed by atoms with Crippen LogP contribution in [0.2, 0.25) is 0 Å². The Kier molecular flexibility index (Phi) is 9.13. The van der Waals surface area contributed by atoms with Crippen molar-refractivity contribution in [2.75, 3.05) is 0 Å². The second-order valence-electron chi connectivity index (χ2n) is 0.226. The summed E-state index contributed by atoms with van der Waals surface area (Å²) < 4.78 is -0.889. The molecule has 0 aliphatic rings. The zero-order valence-electron chi connectivity index (χ0n) is 2.00. The van der Waals surface area contributed by atoms with Crippen molar-refractivity contribution in [3.8, 4) is 0 Å². The fourth-order valence-electron chi connectivity index (χ4n) is 0. The summed E-state index contributed by atoms with van der Waals surface area (Å²) in [7, 11) is 0. The van der Waals surface area contributed by atoms with Crippen LogP contribution in [0.1, 0.15) is 0 Å². The fourth-order valence-corrected chi connectivity index (χ4v) is 0. The Morgan fingerprint density at radius 2 is 1.40 bits per heavy atom. The molecular formula is CCl2IrO+3. The van der Waals surface area contributed by atoms with Gasteiger partial charge < -0.3 is 0 Å². The molecule has 0 amide bonds. The SMILES string of the molecule is O=C(Cl)Cl.[Ir+3]. The number of rotatable bonds is 0. The zero-order chi connectivity index (χ0) is 3.58. The van der Waals surface area contributed by atoms with Crippen LogP contribution in [-0.4, -0.2) is 4.70 Å². The Bertz CT molecular complexity index is 32.6. The zero-order valence-corrected chi connectivity index (χ0v) is 5.90. The molecule has 5 heavy (non-hydrogen) atoms. The largest absolute Gasteiger partial charge is 3.00 e. The van der Waals surface area contributed by atoms with Gasteiger partial charge in [0.25, 0.3) is 0 Å². The molecule has 4 heteroatoms. The van der Waals surface area contributed by atoms with Crippen molar-refractivity contribution in [3.63, 3.8) is 0 Å². The summed E-state index contributed by atoms with van der Waals surface area (Å²) in [5, 5.41) is 0. The van der Waals surface area contributed by atoms with E-state index < -0.39 is 4.70 Å². The van der Waals surface area contributed by atoms with Crippen molar-refractivity contribution in [2.24, 2.45) is 0 Å². The van der Waals surface area contributed by atoms with Crippen molar-refractivity contribution >= 4 is 27.9 Å².